The summed E-state index contributed by atoms with van der Waals surface area (Å²) in [6, 6.07) is 3.95. The number of aromatic hydroxyl groups is 1. The smallest absolute Gasteiger partial charge is 0.328 e. The molecule has 0 unspecified atom stereocenters. The minimum Gasteiger partial charge on any atom is -0.507 e. The Labute approximate surface area is 127 Å². The minimum absolute atomic E-state index is 0.00407. The van der Waals surface area contributed by atoms with E-state index in [-0.39, 0.29) is 5.75 Å². The van der Waals surface area contributed by atoms with Gasteiger partial charge in [0.15, 0.2) is 0 Å². The molecule has 1 aromatic carbocycles. The second-order valence-electron chi connectivity index (χ2n) is 4.17. The number of benzene rings is 1. The van der Waals surface area contributed by atoms with Gasteiger partial charge in [-0.3, -0.25) is 4.99 Å². The summed E-state index contributed by atoms with van der Waals surface area (Å²) in [6.45, 7) is 2.32. The Kier molecular flexibility index (Phi) is 7.04. The number of thioether (sulfide) groups is 1. The summed E-state index contributed by atoms with van der Waals surface area (Å²) in [7, 11) is 1.58. The van der Waals surface area contributed by atoms with Crippen LogP contribution in [-0.4, -0.2) is 53.8 Å². The Morgan fingerprint density at radius 3 is 2.67 bits per heavy atom. The van der Waals surface area contributed by atoms with Gasteiger partial charge in [-0.15, -0.1) is 11.8 Å². The molecule has 0 bridgehead atoms. The maximum Gasteiger partial charge on any atom is 0.328 e. The standard InChI is InChI=1S/C14H19NO5S/c1-9(14(17)18)15-13(21-3)11-5-4-10(8-12(11)16)20-7-6-19-2/h4-5,8-9,16H,6-7H2,1-3H3,(H,17,18)/t9-/m1/s1. The lowest BCUT2D eigenvalue weighted by Crippen LogP contribution is -2.15. The maximum absolute atomic E-state index is 10.9. The molecule has 1 rings (SSSR count). The molecule has 21 heavy (non-hydrogen) atoms. The molecule has 0 aliphatic carbocycles. The minimum atomic E-state index is -1.01. The highest BCUT2D eigenvalue weighted by Crippen LogP contribution is 2.27. The highest BCUT2D eigenvalue weighted by atomic mass is 32.2. The Hall–Kier alpha value is -1.73. The van der Waals surface area contributed by atoms with Crippen molar-refractivity contribution in [2.75, 3.05) is 26.6 Å². The molecule has 0 aliphatic heterocycles. The maximum atomic E-state index is 10.9. The van der Waals surface area contributed by atoms with Gasteiger partial charge >= 0.3 is 5.97 Å². The number of carboxylic acids is 1. The molecule has 7 heteroatoms. The molecular weight excluding hydrogens is 294 g/mol. The van der Waals surface area contributed by atoms with Gasteiger partial charge in [0.1, 0.15) is 29.2 Å². The summed E-state index contributed by atoms with van der Waals surface area (Å²) in [5.74, 6) is -0.504. The average Bonchev–Trinajstić information content (AvgIpc) is 2.45. The molecule has 1 aromatic rings. The second-order valence-corrected chi connectivity index (χ2v) is 4.97. The van der Waals surface area contributed by atoms with Gasteiger partial charge in [-0.1, -0.05) is 0 Å². The van der Waals surface area contributed by atoms with Crippen LogP contribution in [0.5, 0.6) is 11.5 Å². The molecule has 6 nitrogen and oxygen atoms in total. The van der Waals surface area contributed by atoms with E-state index in [0.29, 0.717) is 29.6 Å². The summed E-state index contributed by atoms with van der Waals surface area (Å²) >= 11 is 1.28. The van der Waals surface area contributed by atoms with Crippen molar-refractivity contribution >= 4 is 22.8 Å². The highest BCUT2D eigenvalue weighted by molar-refractivity contribution is 8.13. The third kappa shape index (κ3) is 5.28. The van der Waals surface area contributed by atoms with Crippen LogP contribution in [0.2, 0.25) is 0 Å². The van der Waals surface area contributed by atoms with E-state index in [9.17, 15) is 9.90 Å². The molecule has 0 radical (unpaired) electrons. The topological polar surface area (TPSA) is 88.4 Å². The van der Waals surface area contributed by atoms with Crippen molar-refractivity contribution in [3.8, 4) is 11.5 Å². The van der Waals surface area contributed by atoms with Crippen molar-refractivity contribution in [2.24, 2.45) is 4.99 Å². The lowest BCUT2D eigenvalue weighted by molar-refractivity contribution is -0.137. The fraction of sp³-hybridized carbons (Fsp3) is 0.429. The van der Waals surface area contributed by atoms with Crippen molar-refractivity contribution in [3.63, 3.8) is 0 Å². The third-order valence-electron chi connectivity index (χ3n) is 2.62. The van der Waals surface area contributed by atoms with Crippen LogP contribution in [0.1, 0.15) is 12.5 Å². The zero-order valence-corrected chi connectivity index (χ0v) is 13.0. The summed E-state index contributed by atoms with van der Waals surface area (Å²) in [4.78, 5) is 14.9. The first-order valence-corrected chi connectivity index (χ1v) is 7.51. The van der Waals surface area contributed by atoms with Crippen LogP contribution in [0.25, 0.3) is 0 Å². The molecule has 0 heterocycles. The number of phenols is 1. The van der Waals surface area contributed by atoms with Crippen LogP contribution in [0.4, 0.5) is 0 Å². The fourth-order valence-electron chi connectivity index (χ4n) is 1.49. The molecular formula is C14H19NO5S. The van der Waals surface area contributed by atoms with Crippen molar-refractivity contribution in [2.45, 2.75) is 13.0 Å². The number of carboxylic acid groups (broad SMARTS) is 1. The predicted molar refractivity (Wildman–Crippen MR) is 82.6 cm³/mol. The van der Waals surface area contributed by atoms with E-state index < -0.39 is 12.0 Å². The van der Waals surface area contributed by atoms with Crippen molar-refractivity contribution < 1.29 is 24.5 Å². The van der Waals surface area contributed by atoms with E-state index in [2.05, 4.69) is 4.99 Å². The molecule has 116 valence electrons. The Morgan fingerprint density at radius 2 is 2.14 bits per heavy atom. The Morgan fingerprint density at radius 1 is 1.43 bits per heavy atom. The number of hydrogen-bond acceptors (Lipinski definition) is 6. The zero-order chi connectivity index (χ0) is 15.8. The molecule has 0 fully saturated rings. The largest absolute Gasteiger partial charge is 0.507 e. The predicted octanol–water partition coefficient (Wildman–Crippen LogP) is 2.00. The normalized spacial score (nSPS) is 13.0. The Balaban J connectivity index is 2.93. The average molecular weight is 313 g/mol. The number of aliphatic imine (C=N–C) groups is 1. The fourth-order valence-corrected chi connectivity index (χ4v) is 2.14. The Bertz CT molecular complexity index is 518. The molecule has 0 saturated heterocycles. The van der Waals surface area contributed by atoms with Crippen LogP contribution >= 0.6 is 11.8 Å². The monoisotopic (exact) mass is 313 g/mol. The lowest BCUT2D eigenvalue weighted by Gasteiger charge is -2.11. The van der Waals surface area contributed by atoms with Crippen LogP contribution in [0, 0.1) is 0 Å². The SMILES string of the molecule is COCCOc1ccc(C(=N[C@H](C)C(=O)O)SC)c(O)c1. The van der Waals surface area contributed by atoms with E-state index in [1.807, 2.05) is 0 Å². The summed E-state index contributed by atoms with van der Waals surface area (Å²) in [6.07, 6.45) is 1.77. The number of aliphatic carboxylic acids is 1. The summed E-state index contributed by atoms with van der Waals surface area (Å²) < 4.78 is 10.3. The third-order valence-corrected chi connectivity index (χ3v) is 3.33. The van der Waals surface area contributed by atoms with Crippen LogP contribution in [0.3, 0.4) is 0 Å². The quantitative estimate of drug-likeness (QED) is 0.455. The van der Waals surface area contributed by atoms with Gasteiger partial charge in [0, 0.05) is 18.7 Å². The van der Waals surface area contributed by atoms with Crippen LogP contribution in [0.15, 0.2) is 23.2 Å². The number of phenolic OH excluding ortho intramolecular Hbond substituents is 1. The number of carbonyl (C=O) groups is 1. The van der Waals surface area contributed by atoms with Gasteiger partial charge in [0.05, 0.1) is 6.61 Å². The summed E-state index contributed by atoms with van der Waals surface area (Å²) in [5, 5.41) is 19.4. The van der Waals surface area contributed by atoms with Crippen molar-refractivity contribution in [1.29, 1.82) is 0 Å². The zero-order valence-electron chi connectivity index (χ0n) is 12.2. The van der Waals surface area contributed by atoms with Gasteiger partial charge in [-0.2, -0.15) is 0 Å². The van der Waals surface area contributed by atoms with Gasteiger partial charge in [0.25, 0.3) is 0 Å². The highest BCUT2D eigenvalue weighted by Gasteiger charge is 2.14. The van der Waals surface area contributed by atoms with E-state index in [0.717, 1.165) is 0 Å². The number of methoxy groups -OCH3 is 1. The van der Waals surface area contributed by atoms with E-state index in [1.54, 1.807) is 25.5 Å². The first-order chi connectivity index (χ1) is 9.99. The van der Waals surface area contributed by atoms with E-state index >= 15 is 0 Å². The van der Waals surface area contributed by atoms with Crippen molar-refractivity contribution in [3.05, 3.63) is 23.8 Å². The number of ether oxygens (including phenoxy) is 2. The first-order valence-electron chi connectivity index (χ1n) is 6.29. The van der Waals surface area contributed by atoms with Gasteiger partial charge in [0.2, 0.25) is 0 Å². The van der Waals surface area contributed by atoms with Gasteiger partial charge in [-0.05, 0) is 25.3 Å². The van der Waals surface area contributed by atoms with Crippen LogP contribution < -0.4 is 4.74 Å². The van der Waals surface area contributed by atoms with E-state index in [1.165, 1.54) is 24.8 Å². The van der Waals surface area contributed by atoms with E-state index in [4.69, 9.17) is 14.6 Å². The molecule has 0 saturated carbocycles. The van der Waals surface area contributed by atoms with Crippen LogP contribution in [-0.2, 0) is 9.53 Å². The first kappa shape index (κ1) is 17.3. The summed E-state index contributed by atoms with van der Waals surface area (Å²) in [5.41, 5.74) is 0.481. The number of rotatable bonds is 7. The second kappa shape index (κ2) is 8.53. The molecule has 0 spiro atoms. The molecule has 2 N–H and O–H groups in total. The molecule has 0 aromatic heterocycles. The molecule has 0 aliphatic rings. The number of nitrogens with zero attached hydrogens (tertiary/aromatic N) is 1. The molecule has 1 atom stereocenters. The van der Waals surface area contributed by atoms with Gasteiger partial charge < -0.3 is 19.7 Å². The number of hydrogen-bond donors (Lipinski definition) is 2. The molecule has 0 amide bonds. The van der Waals surface area contributed by atoms with Gasteiger partial charge in [-0.25, -0.2) is 4.79 Å². The lowest BCUT2D eigenvalue weighted by atomic mass is 10.2. The van der Waals surface area contributed by atoms with Crippen molar-refractivity contribution in [1.82, 2.24) is 0 Å².